The van der Waals surface area contributed by atoms with Crippen LogP contribution in [0.2, 0.25) is 0 Å². The zero-order chi connectivity index (χ0) is 55.7. The van der Waals surface area contributed by atoms with Gasteiger partial charge in [-0.15, -0.1) is 0 Å². The molecule has 0 aromatic heterocycles. The van der Waals surface area contributed by atoms with Crippen LogP contribution in [0.25, 0.3) is 19.4 Å². The zero-order valence-electron chi connectivity index (χ0n) is 44.0. The largest absolute Gasteiger partial charge is 1.00 e. The van der Waals surface area contributed by atoms with Crippen molar-refractivity contribution in [2.45, 2.75) is 32.7 Å². The molecule has 2 aliphatic heterocycles. The number of hydrogen-bond acceptors (Lipinski definition) is 10. The molecule has 3 N–H and O–H groups in total. The summed E-state index contributed by atoms with van der Waals surface area (Å²) in [6, 6.07) is 49.0. The molecule has 2 aliphatic rings. The van der Waals surface area contributed by atoms with E-state index < -0.39 is 7.12 Å². The van der Waals surface area contributed by atoms with Crippen LogP contribution < -0.4 is 54.0 Å². The minimum absolute atomic E-state index is 0. The van der Waals surface area contributed by atoms with Gasteiger partial charge in [-0.05, 0) is 150 Å². The van der Waals surface area contributed by atoms with Crippen LogP contribution in [0.4, 0.5) is 22.7 Å². The van der Waals surface area contributed by atoms with Crippen molar-refractivity contribution in [1.29, 1.82) is 0 Å². The number of nitrogens with zero attached hydrogens (tertiary/aromatic N) is 4. The van der Waals surface area contributed by atoms with Crippen LogP contribution in [0.15, 0.2) is 183 Å². The summed E-state index contributed by atoms with van der Waals surface area (Å²) in [4.78, 5) is 24.0. The third-order valence-electron chi connectivity index (χ3n) is 10.9. The fourth-order valence-electron chi connectivity index (χ4n) is 6.83. The molecule has 0 amide bonds. The SMILES string of the molecule is C1CCOC1.[B].[C-]#[N+]c1ccc(Oc2ccc(Br)c(C=O)c2)cc1.[C-]#[N+]c1ccc(Oc2ccc(Br)c(CO)c2)cc1.[C-]#[N+]c1ccc(Oc2ccc(Br)c(CO)c2)cc1.[C-]#[N+]c1ccc(Oc2ccc3c(c2)COB3O)cc1.[H-].[Na+]. The molecule has 80 heavy (non-hydrogen) atoms. The van der Waals surface area contributed by atoms with E-state index in [-0.39, 0.29) is 52.6 Å². The fourth-order valence-corrected chi connectivity index (χ4v) is 7.91. The van der Waals surface area contributed by atoms with Gasteiger partial charge in [-0.3, -0.25) is 4.79 Å². The van der Waals surface area contributed by atoms with Crippen LogP contribution in [0, 0.1) is 26.3 Å². The summed E-state index contributed by atoms with van der Waals surface area (Å²) in [5, 5.41) is 27.8. The Morgan fingerprint density at radius 3 is 1.15 bits per heavy atom. The van der Waals surface area contributed by atoms with Crippen molar-refractivity contribution in [3.8, 4) is 46.0 Å². The van der Waals surface area contributed by atoms with Crippen LogP contribution in [-0.4, -0.2) is 50.3 Å². The number of rotatable bonds is 11. The second kappa shape index (κ2) is 34.9. The van der Waals surface area contributed by atoms with Crippen LogP contribution in [0.3, 0.4) is 0 Å². The van der Waals surface area contributed by atoms with E-state index >= 15 is 0 Å². The quantitative estimate of drug-likeness (QED) is 0.0649. The van der Waals surface area contributed by atoms with Crippen molar-refractivity contribution >= 4 is 97.8 Å². The van der Waals surface area contributed by atoms with Gasteiger partial charge in [-0.25, -0.2) is 19.4 Å². The molecular formula is C60H47B2Br3N4NaO10. The molecule has 0 unspecified atom stereocenters. The van der Waals surface area contributed by atoms with Gasteiger partial charge in [0.15, 0.2) is 29.0 Å². The van der Waals surface area contributed by atoms with Crippen LogP contribution in [0.5, 0.6) is 46.0 Å². The van der Waals surface area contributed by atoms with E-state index in [0.717, 1.165) is 55.1 Å². The van der Waals surface area contributed by atoms with Crippen LogP contribution >= 0.6 is 47.8 Å². The summed E-state index contributed by atoms with van der Waals surface area (Å²) >= 11 is 9.97. The summed E-state index contributed by atoms with van der Waals surface area (Å²) < 4.78 is 35.1. The molecule has 1 saturated heterocycles. The molecule has 0 saturated carbocycles. The van der Waals surface area contributed by atoms with Gasteiger partial charge in [0.1, 0.15) is 46.0 Å². The Morgan fingerprint density at radius 2 is 0.825 bits per heavy atom. The number of carbonyl (C=O) groups excluding carboxylic acids is 1. The maximum absolute atomic E-state index is 10.8. The molecule has 2 heterocycles. The zero-order valence-corrected chi connectivity index (χ0v) is 49.7. The second-order valence-corrected chi connectivity index (χ2v) is 18.9. The molecule has 8 aromatic rings. The van der Waals surface area contributed by atoms with Crippen molar-refractivity contribution in [3.05, 3.63) is 251 Å². The first-order valence-electron chi connectivity index (χ1n) is 23.6. The molecule has 10 rings (SSSR count). The summed E-state index contributed by atoms with van der Waals surface area (Å²) in [5.41, 5.74) is 6.09. The molecule has 14 nitrogen and oxygen atoms in total. The van der Waals surface area contributed by atoms with E-state index in [4.69, 9.17) is 64.8 Å². The van der Waals surface area contributed by atoms with Gasteiger partial charge in [0.05, 0.1) is 46.1 Å². The summed E-state index contributed by atoms with van der Waals surface area (Å²) in [7, 11) is -0.831. The number of aldehydes is 1. The van der Waals surface area contributed by atoms with Gasteiger partial charge in [-0.2, -0.15) is 0 Å². The molecule has 8 aromatic carbocycles. The van der Waals surface area contributed by atoms with E-state index in [1.165, 1.54) is 12.8 Å². The number of ether oxygens (including phenoxy) is 5. The van der Waals surface area contributed by atoms with Crippen molar-refractivity contribution < 1.29 is 79.4 Å². The second-order valence-electron chi connectivity index (χ2n) is 16.3. The Kier molecular flexibility index (Phi) is 28.5. The van der Waals surface area contributed by atoms with Gasteiger partial charge < -0.3 is 45.0 Å². The number of halogens is 3. The molecule has 0 atom stereocenters. The molecule has 20 heteroatoms. The van der Waals surface area contributed by atoms with E-state index in [2.05, 4.69) is 67.2 Å². The third-order valence-corrected chi connectivity index (χ3v) is 13.1. The van der Waals surface area contributed by atoms with Gasteiger partial charge in [0, 0.05) is 40.6 Å². The Morgan fingerprint density at radius 1 is 0.500 bits per heavy atom. The number of hydrogen-bond donors (Lipinski definition) is 3. The molecule has 395 valence electrons. The van der Waals surface area contributed by atoms with Gasteiger partial charge in [0.25, 0.3) is 0 Å². The smallest absolute Gasteiger partial charge is 1.00 e. The predicted octanol–water partition coefficient (Wildman–Crippen LogP) is 13.0. The molecule has 1 fully saturated rings. The van der Waals surface area contributed by atoms with E-state index in [0.29, 0.717) is 80.9 Å². The third kappa shape index (κ3) is 20.9. The standard InChI is InChI=1S/C14H10BNO3.2C14H10BrNO2.C14H8BrNO2.C4H8O.B.Na.H/c1-16-11-2-4-12(5-3-11)19-13-6-7-14-10(8-13)9-18-15(14)17;3*1-16-11-2-4-12(5-3-11)18-13-6-7-14(15)10(8-13)9-17;1-2-4-5-3-1;;;/h2-8,17H,9H2;2*2-8,17H,9H2;2-9H;1-4H2;;;/q;;;;;;+1;-1. The van der Waals surface area contributed by atoms with Gasteiger partial charge in [0.2, 0.25) is 0 Å². The van der Waals surface area contributed by atoms with Crippen molar-refractivity contribution in [2.24, 2.45) is 0 Å². The maximum atomic E-state index is 10.8. The number of aliphatic hydroxyl groups excluding tert-OH is 2. The van der Waals surface area contributed by atoms with Crippen molar-refractivity contribution in [1.82, 2.24) is 0 Å². The van der Waals surface area contributed by atoms with E-state index in [9.17, 15) is 9.82 Å². The number of carbonyl (C=O) groups is 1. The van der Waals surface area contributed by atoms with Crippen molar-refractivity contribution in [3.63, 3.8) is 0 Å². The first-order chi connectivity index (χ1) is 37.9. The fraction of sp³-hybridized carbons (Fsp3) is 0.117. The van der Waals surface area contributed by atoms with Crippen molar-refractivity contribution in [2.75, 3.05) is 13.2 Å². The predicted molar refractivity (Wildman–Crippen MR) is 317 cm³/mol. The molecule has 0 bridgehead atoms. The number of fused-ring (bicyclic) bond motifs is 1. The Labute approximate surface area is 516 Å². The molecular weight excluding hydrogens is 1220 g/mol. The normalized spacial score (nSPS) is 11.2. The van der Waals surface area contributed by atoms with Gasteiger partial charge >= 0.3 is 36.7 Å². The average Bonchev–Trinajstić information content (AvgIpc) is 4.20. The average molecular weight is 1270 g/mol. The Bertz CT molecular complexity index is 3340. The molecule has 3 radical (unpaired) electrons. The summed E-state index contributed by atoms with van der Waals surface area (Å²) in [6.07, 6.45) is 3.32. The topological polar surface area (TPSA) is 151 Å². The minimum Gasteiger partial charge on any atom is -1.00 e. The van der Waals surface area contributed by atoms with Crippen LogP contribution in [0.1, 0.15) is 41.3 Å². The van der Waals surface area contributed by atoms with Crippen LogP contribution in [-0.2, 0) is 29.2 Å². The van der Waals surface area contributed by atoms with E-state index in [1.54, 1.807) is 140 Å². The first-order valence-corrected chi connectivity index (χ1v) is 26.0. The number of benzene rings is 8. The Balaban J connectivity index is 0.000000272. The van der Waals surface area contributed by atoms with Gasteiger partial charge in [-0.1, -0.05) is 102 Å². The molecule has 0 aliphatic carbocycles. The molecule has 0 spiro atoms. The summed E-state index contributed by atoms with van der Waals surface area (Å²) in [5.74, 6) is 5.19. The summed E-state index contributed by atoms with van der Waals surface area (Å²) in [6.45, 7) is 29.8. The van der Waals surface area contributed by atoms with E-state index in [1.807, 2.05) is 30.3 Å². The number of aliphatic hydroxyl groups is 2. The monoisotopic (exact) mass is 1270 g/mol. The maximum Gasteiger partial charge on any atom is 1.00 e. The Hall–Kier alpha value is -7.04. The first kappa shape index (κ1) is 65.5. The minimum atomic E-state index is -0.831.